The number of hydrogen-bond acceptors (Lipinski definition) is 5. The number of fused-ring (bicyclic) bond motifs is 2. The number of aromatic nitrogens is 4. The first-order chi connectivity index (χ1) is 16.8. The normalized spacial score (nSPS) is 13.3. The Kier molecular flexibility index (Phi) is 6.00. The molecule has 9 nitrogen and oxygen atoms in total. The van der Waals surface area contributed by atoms with E-state index in [1.807, 2.05) is 23.6 Å². The van der Waals surface area contributed by atoms with E-state index in [1.165, 1.54) is 17.8 Å². The van der Waals surface area contributed by atoms with Gasteiger partial charge in [0.1, 0.15) is 11.5 Å². The number of carboxylic acid groups (broad SMARTS) is 1. The summed E-state index contributed by atoms with van der Waals surface area (Å²) in [5.41, 5.74) is 3.74. The van der Waals surface area contributed by atoms with Gasteiger partial charge in [0.05, 0.1) is 34.6 Å². The highest BCUT2D eigenvalue weighted by atomic mass is 35.5. The standard InChI is InChI=1S/C24H21ClN6O3S/c1-3-30-19(12-35-23-27-17-9-6-15(22(32)33)10-18(17)28-23)29-21-20(30)13(2)26-24(34)31(21)11-14-4-7-16(25)8-5-14/h4-10H,2-3,11-12H2,1H3,(H,26,34)(H,27,28)(H,32,33). The highest BCUT2D eigenvalue weighted by molar-refractivity contribution is 7.98. The number of aromatic carboxylic acids is 1. The predicted molar refractivity (Wildman–Crippen MR) is 136 cm³/mol. The number of nitrogens with zero attached hydrogens (tertiary/aromatic N) is 4. The Labute approximate surface area is 209 Å². The third kappa shape index (κ3) is 4.38. The molecule has 0 aliphatic carbocycles. The topological polar surface area (TPSA) is 116 Å². The maximum Gasteiger partial charge on any atom is 0.335 e. The number of carboxylic acids is 1. The van der Waals surface area contributed by atoms with Gasteiger partial charge in [0.15, 0.2) is 11.0 Å². The monoisotopic (exact) mass is 508 g/mol. The number of carbonyl (C=O) groups excluding carboxylic acids is 1. The fourth-order valence-electron chi connectivity index (χ4n) is 4.01. The third-order valence-electron chi connectivity index (χ3n) is 5.69. The lowest BCUT2D eigenvalue weighted by atomic mass is 10.2. The summed E-state index contributed by atoms with van der Waals surface area (Å²) in [6.45, 7) is 7.03. The molecule has 0 unspecified atom stereocenters. The van der Waals surface area contributed by atoms with Crippen LogP contribution >= 0.6 is 23.4 Å². The van der Waals surface area contributed by atoms with Crippen molar-refractivity contribution < 1.29 is 14.7 Å². The first kappa shape index (κ1) is 23.0. The molecule has 0 saturated heterocycles. The number of H-pyrrole nitrogens is 1. The Morgan fingerprint density at radius 2 is 1.97 bits per heavy atom. The lowest BCUT2D eigenvalue weighted by Crippen LogP contribution is -2.43. The fraction of sp³-hybridized carbons (Fsp3) is 0.167. The summed E-state index contributed by atoms with van der Waals surface area (Å²) in [6.07, 6.45) is 0. The molecule has 0 radical (unpaired) electrons. The highest BCUT2D eigenvalue weighted by Crippen LogP contribution is 2.34. The van der Waals surface area contributed by atoms with Crippen molar-refractivity contribution in [2.45, 2.75) is 30.9 Å². The third-order valence-corrected chi connectivity index (χ3v) is 6.81. The average molecular weight is 509 g/mol. The minimum Gasteiger partial charge on any atom is -0.478 e. The van der Waals surface area contributed by atoms with Gasteiger partial charge in [0.25, 0.3) is 0 Å². The Balaban J connectivity index is 1.43. The van der Waals surface area contributed by atoms with Gasteiger partial charge in [-0.15, -0.1) is 0 Å². The first-order valence-electron chi connectivity index (χ1n) is 10.8. The minimum absolute atomic E-state index is 0.198. The van der Waals surface area contributed by atoms with Crippen molar-refractivity contribution in [2.24, 2.45) is 0 Å². The van der Waals surface area contributed by atoms with Crippen LogP contribution in [0.15, 0.2) is 54.2 Å². The van der Waals surface area contributed by atoms with Crippen molar-refractivity contribution in [3.63, 3.8) is 0 Å². The number of amides is 2. The predicted octanol–water partition coefficient (Wildman–Crippen LogP) is 5.12. The van der Waals surface area contributed by atoms with Gasteiger partial charge in [-0.2, -0.15) is 0 Å². The van der Waals surface area contributed by atoms with E-state index >= 15 is 0 Å². The van der Waals surface area contributed by atoms with Gasteiger partial charge in [-0.05, 0) is 42.8 Å². The fourth-order valence-corrected chi connectivity index (χ4v) is 4.97. The molecule has 0 saturated carbocycles. The number of carbonyl (C=O) groups is 2. The van der Waals surface area contributed by atoms with E-state index in [0.29, 0.717) is 51.6 Å². The van der Waals surface area contributed by atoms with Crippen LogP contribution in [0, 0.1) is 0 Å². The van der Waals surface area contributed by atoms with E-state index in [9.17, 15) is 14.7 Å². The molecule has 1 aliphatic heterocycles. The number of halogens is 1. The zero-order chi connectivity index (χ0) is 24.7. The zero-order valence-corrected chi connectivity index (χ0v) is 20.3. The van der Waals surface area contributed by atoms with E-state index in [-0.39, 0.29) is 11.6 Å². The lowest BCUT2D eigenvalue weighted by Gasteiger charge is -2.28. The van der Waals surface area contributed by atoms with E-state index in [1.54, 1.807) is 29.2 Å². The number of aromatic amines is 1. The largest absolute Gasteiger partial charge is 0.478 e. The minimum atomic E-state index is -0.988. The first-order valence-corrected chi connectivity index (χ1v) is 12.2. The van der Waals surface area contributed by atoms with Crippen LogP contribution in [-0.4, -0.2) is 36.6 Å². The van der Waals surface area contributed by atoms with Gasteiger partial charge >= 0.3 is 12.0 Å². The molecule has 0 atom stereocenters. The number of hydrogen-bond donors (Lipinski definition) is 3. The van der Waals surface area contributed by atoms with Crippen LogP contribution < -0.4 is 10.2 Å². The molecule has 0 fully saturated rings. The molecular formula is C24H21ClN6O3S. The molecule has 178 valence electrons. The summed E-state index contributed by atoms with van der Waals surface area (Å²) in [4.78, 5) is 38.2. The highest BCUT2D eigenvalue weighted by Gasteiger charge is 2.32. The zero-order valence-electron chi connectivity index (χ0n) is 18.7. The molecule has 3 heterocycles. The molecule has 35 heavy (non-hydrogen) atoms. The van der Waals surface area contributed by atoms with Gasteiger partial charge in [-0.25, -0.2) is 19.6 Å². The average Bonchev–Trinajstić information content (AvgIpc) is 3.42. The van der Waals surface area contributed by atoms with Crippen LogP contribution in [0.25, 0.3) is 16.7 Å². The van der Waals surface area contributed by atoms with Gasteiger partial charge in [-0.3, -0.25) is 4.90 Å². The number of nitrogens with one attached hydrogen (secondary N) is 2. The second-order valence-electron chi connectivity index (χ2n) is 7.93. The number of urea groups is 1. The molecule has 5 rings (SSSR count). The lowest BCUT2D eigenvalue weighted by molar-refractivity contribution is 0.0697. The summed E-state index contributed by atoms with van der Waals surface area (Å²) < 4.78 is 2.03. The molecule has 3 N–H and O–H groups in total. The molecule has 1 aliphatic rings. The second kappa shape index (κ2) is 9.12. The number of anilines is 1. The van der Waals surface area contributed by atoms with Gasteiger partial charge < -0.3 is 20.0 Å². The number of benzene rings is 2. The van der Waals surface area contributed by atoms with Crippen molar-refractivity contribution in [1.29, 1.82) is 0 Å². The molecule has 2 aromatic carbocycles. The quantitative estimate of drug-likeness (QED) is 0.298. The summed E-state index contributed by atoms with van der Waals surface area (Å²) in [6, 6.07) is 11.8. The summed E-state index contributed by atoms with van der Waals surface area (Å²) >= 11 is 7.45. The summed E-state index contributed by atoms with van der Waals surface area (Å²) in [5, 5.41) is 13.3. The number of imidazole rings is 2. The van der Waals surface area contributed by atoms with Crippen molar-refractivity contribution in [3.8, 4) is 0 Å². The number of thioether (sulfide) groups is 1. The Bertz CT molecular complexity index is 1480. The van der Waals surface area contributed by atoms with E-state index in [2.05, 4.69) is 21.9 Å². The van der Waals surface area contributed by atoms with E-state index in [4.69, 9.17) is 16.6 Å². The second-order valence-corrected chi connectivity index (χ2v) is 9.33. The Morgan fingerprint density at radius 1 is 1.20 bits per heavy atom. The van der Waals surface area contributed by atoms with Gasteiger partial charge in [-0.1, -0.05) is 42.1 Å². The molecule has 2 amide bonds. The maximum atomic E-state index is 12.8. The molecule has 2 aromatic heterocycles. The molecule has 11 heteroatoms. The van der Waals surface area contributed by atoms with E-state index in [0.717, 1.165) is 17.1 Å². The smallest absolute Gasteiger partial charge is 0.335 e. The molecular weight excluding hydrogens is 488 g/mol. The molecule has 0 spiro atoms. The van der Waals surface area contributed by atoms with Crippen LogP contribution in [0.5, 0.6) is 0 Å². The maximum absolute atomic E-state index is 12.8. The van der Waals surface area contributed by atoms with Crippen molar-refractivity contribution in [3.05, 3.63) is 76.7 Å². The van der Waals surface area contributed by atoms with E-state index < -0.39 is 5.97 Å². The van der Waals surface area contributed by atoms with Gasteiger partial charge in [0, 0.05) is 11.6 Å². The van der Waals surface area contributed by atoms with Crippen LogP contribution in [-0.2, 0) is 18.8 Å². The molecule has 0 bridgehead atoms. The van der Waals surface area contributed by atoms with Crippen molar-refractivity contribution >= 4 is 57.9 Å². The van der Waals surface area contributed by atoms with Crippen LogP contribution in [0.1, 0.15) is 34.4 Å². The summed E-state index contributed by atoms with van der Waals surface area (Å²) in [5.74, 6) is 0.829. The van der Waals surface area contributed by atoms with Crippen molar-refractivity contribution in [2.75, 3.05) is 4.90 Å². The molecule has 4 aromatic rings. The Hall–Kier alpha value is -3.76. The summed E-state index contributed by atoms with van der Waals surface area (Å²) in [7, 11) is 0. The van der Waals surface area contributed by atoms with Crippen LogP contribution in [0.2, 0.25) is 5.02 Å². The van der Waals surface area contributed by atoms with Crippen LogP contribution in [0.4, 0.5) is 10.6 Å². The van der Waals surface area contributed by atoms with Crippen LogP contribution in [0.3, 0.4) is 0 Å². The SMILES string of the molecule is C=C1NC(=O)N(Cc2ccc(Cl)cc2)c2nc(CSc3nc4ccc(C(=O)O)cc4[nH]3)n(CC)c21. The van der Waals surface area contributed by atoms with Crippen molar-refractivity contribution in [1.82, 2.24) is 24.8 Å². The van der Waals surface area contributed by atoms with Gasteiger partial charge in [0.2, 0.25) is 0 Å². The number of rotatable bonds is 7. The Morgan fingerprint density at radius 3 is 2.69 bits per heavy atom.